The molecule has 1 aliphatic carbocycles. The monoisotopic (exact) mass is 276 g/mol. The van der Waals surface area contributed by atoms with E-state index in [0.717, 1.165) is 18.8 Å². The molecule has 0 aromatic heterocycles. The van der Waals surface area contributed by atoms with Crippen LogP contribution in [0, 0.1) is 11.8 Å². The number of hydrogen-bond donors (Lipinski definition) is 2. The maximum absolute atomic E-state index is 11.9. The van der Waals surface area contributed by atoms with E-state index in [2.05, 4.69) is 19.2 Å². The van der Waals surface area contributed by atoms with Crippen molar-refractivity contribution in [3.63, 3.8) is 0 Å². The van der Waals surface area contributed by atoms with E-state index in [1.807, 2.05) is 0 Å². The maximum atomic E-state index is 11.9. The summed E-state index contributed by atoms with van der Waals surface area (Å²) >= 11 is 0. The Bertz CT molecular complexity index is 487. The van der Waals surface area contributed by atoms with Crippen molar-refractivity contribution < 1.29 is 9.53 Å². The molecule has 0 spiro atoms. The third kappa shape index (κ3) is 3.24. The Morgan fingerprint density at radius 2 is 2.05 bits per heavy atom. The lowest BCUT2D eigenvalue weighted by atomic mass is 9.80. The number of carbonyl (C=O) groups is 1. The highest BCUT2D eigenvalue weighted by Crippen LogP contribution is 2.33. The SMILES string of the molecule is CNC(=O)c1ccc(N)cc1OC1CCC(C)C(C)C1. The lowest BCUT2D eigenvalue weighted by molar-refractivity contribution is 0.0909. The number of rotatable bonds is 3. The topological polar surface area (TPSA) is 64.4 Å². The van der Waals surface area contributed by atoms with E-state index in [0.29, 0.717) is 22.9 Å². The lowest BCUT2D eigenvalue weighted by Gasteiger charge is -2.32. The van der Waals surface area contributed by atoms with Gasteiger partial charge in [0.2, 0.25) is 0 Å². The number of ether oxygens (including phenoxy) is 1. The third-order valence-electron chi connectivity index (χ3n) is 4.32. The number of benzene rings is 1. The van der Waals surface area contributed by atoms with Crippen LogP contribution >= 0.6 is 0 Å². The Morgan fingerprint density at radius 1 is 1.30 bits per heavy atom. The fourth-order valence-corrected chi connectivity index (χ4v) is 2.74. The average molecular weight is 276 g/mol. The van der Waals surface area contributed by atoms with Crippen LogP contribution in [-0.4, -0.2) is 19.1 Å². The molecule has 3 N–H and O–H groups in total. The Morgan fingerprint density at radius 3 is 2.70 bits per heavy atom. The van der Waals surface area contributed by atoms with E-state index in [1.54, 1.807) is 25.2 Å². The minimum Gasteiger partial charge on any atom is -0.490 e. The van der Waals surface area contributed by atoms with Gasteiger partial charge in [-0.15, -0.1) is 0 Å². The molecule has 0 heterocycles. The van der Waals surface area contributed by atoms with Gasteiger partial charge in [-0.05, 0) is 43.2 Å². The molecule has 1 fully saturated rings. The van der Waals surface area contributed by atoms with Crippen LogP contribution in [0.5, 0.6) is 5.75 Å². The van der Waals surface area contributed by atoms with E-state index in [4.69, 9.17) is 10.5 Å². The lowest BCUT2D eigenvalue weighted by Crippen LogP contribution is -2.29. The standard InChI is InChI=1S/C16H24N2O2/c1-10-4-6-13(8-11(10)2)20-15-9-12(17)5-7-14(15)16(19)18-3/h5,7,9-11,13H,4,6,8,17H2,1-3H3,(H,18,19). The summed E-state index contributed by atoms with van der Waals surface area (Å²) in [4.78, 5) is 11.9. The van der Waals surface area contributed by atoms with Crippen molar-refractivity contribution in [2.45, 2.75) is 39.2 Å². The Balaban J connectivity index is 2.16. The zero-order valence-electron chi connectivity index (χ0n) is 12.5. The first-order valence-corrected chi connectivity index (χ1v) is 7.29. The minimum atomic E-state index is -0.141. The molecule has 1 saturated carbocycles. The number of anilines is 1. The van der Waals surface area contributed by atoms with Crippen LogP contribution in [0.1, 0.15) is 43.5 Å². The number of nitrogens with two attached hydrogens (primary N) is 1. The van der Waals surface area contributed by atoms with Gasteiger partial charge in [0.1, 0.15) is 5.75 Å². The fourth-order valence-electron chi connectivity index (χ4n) is 2.74. The third-order valence-corrected chi connectivity index (χ3v) is 4.32. The number of amides is 1. The van der Waals surface area contributed by atoms with E-state index >= 15 is 0 Å². The van der Waals surface area contributed by atoms with Crippen molar-refractivity contribution in [2.24, 2.45) is 11.8 Å². The smallest absolute Gasteiger partial charge is 0.254 e. The molecule has 2 rings (SSSR count). The van der Waals surface area contributed by atoms with Crippen molar-refractivity contribution in [2.75, 3.05) is 12.8 Å². The molecule has 4 nitrogen and oxygen atoms in total. The van der Waals surface area contributed by atoms with Gasteiger partial charge in [-0.1, -0.05) is 13.8 Å². The summed E-state index contributed by atoms with van der Waals surface area (Å²) in [6.07, 6.45) is 3.41. The van der Waals surface area contributed by atoms with Crippen LogP contribution in [-0.2, 0) is 0 Å². The van der Waals surface area contributed by atoms with Crippen LogP contribution in [0.2, 0.25) is 0 Å². The van der Waals surface area contributed by atoms with Gasteiger partial charge in [0.25, 0.3) is 5.91 Å². The second-order valence-electron chi connectivity index (χ2n) is 5.84. The summed E-state index contributed by atoms with van der Waals surface area (Å²) < 4.78 is 6.07. The largest absolute Gasteiger partial charge is 0.490 e. The van der Waals surface area contributed by atoms with Crippen molar-refractivity contribution in [3.8, 4) is 5.75 Å². The quantitative estimate of drug-likeness (QED) is 0.834. The summed E-state index contributed by atoms with van der Waals surface area (Å²) in [5.41, 5.74) is 6.98. The Hall–Kier alpha value is -1.71. The summed E-state index contributed by atoms with van der Waals surface area (Å²) in [6.45, 7) is 4.55. The highest BCUT2D eigenvalue weighted by Gasteiger charge is 2.26. The molecule has 1 aromatic carbocycles. The molecule has 0 saturated heterocycles. The molecule has 20 heavy (non-hydrogen) atoms. The van der Waals surface area contributed by atoms with Crippen LogP contribution < -0.4 is 15.8 Å². The van der Waals surface area contributed by atoms with E-state index in [9.17, 15) is 4.79 Å². The molecule has 1 amide bonds. The van der Waals surface area contributed by atoms with Crippen molar-refractivity contribution in [1.82, 2.24) is 5.32 Å². The van der Waals surface area contributed by atoms with E-state index in [-0.39, 0.29) is 12.0 Å². The molecule has 0 radical (unpaired) electrons. The average Bonchev–Trinajstić information content (AvgIpc) is 2.42. The number of hydrogen-bond acceptors (Lipinski definition) is 3. The highest BCUT2D eigenvalue weighted by molar-refractivity contribution is 5.97. The first kappa shape index (κ1) is 14.7. The molecular formula is C16H24N2O2. The van der Waals surface area contributed by atoms with Gasteiger partial charge in [-0.25, -0.2) is 0 Å². The zero-order chi connectivity index (χ0) is 14.7. The molecule has 1 aromatic rings. The fraction of sp³-hybridized carbons (Fsp3) is 0.562. The van der Waals surface area contributed by atoms with Crippen molar-refractivity contribution in [3.05, 3.63) is 23.8 Å². The van der Waals surface area contributed by atoms with Crippen LogP contribution in [0.4, 0.5) is 5.69 Å². The van der Waals surface area contributed by atoms with Gasteiger partial charge >= 0.3 is 0 Å². The summed E-state index contributed by atoms with van der Waals surface area (Å²) in [7, 11) is 1.62. The first-order chi connectivity index (χ1) is 9.51. The first-order valence-electron chi connectivity index (χ1n) is 7.29. The number of nitrogens with one attached hydrogen (secondary N) is 1. The molecule has 0 aliphatic heterocycles. The van der Waals surface area contributed by atoms with Gasteiger partial charge in [-0.2, -0.15) is 0 Å². The normalized spacial score (nSPS) is 26.1. The van der Waals surface area contributed by atoms with Crippen LogP contribution in [0.3, 0.4) is 0 Å². The molecule has 110 valence electrons. The van der Waals surface area contributed by atoms with Gasteiger partial charge in [-0.3, -0.25) is 4.79 Å². The summed E-state index contributed by atoms with van der Waals surface area (Å²) in [6, 6.07) is 5.19. The minimum absolute atomic E-state index is 0.141. The highest BCUT2D eigenvalue weighted by atomic mass is 16.5. The van der Waals surface area contributed by atoms with Gasteiger partial charge < -0.3 is 15.8 Å². The van der Waals surface area contributed by atoms with Crippen molar-refractivity contribution in [1.29, 1.82) is 0 Å². The van der Waals surface area contributed by atoms with Crippen LogP contribution in [0.15, 0.2) is 18.2 Å². The molecule has 4 heteroatoms. The zero-order valence-corrected chi connectivity index (χ0v) is 12.5. The van der Waals surface area contributed by atoms with Gasteiger partial charge in [0, 0.05) is 18.8 Å². The Labute approximate surface area is 120 Å². The predicted molar refractivity (Wildman–Crippen MR) is 80.8 cm³/mol. The second kappa shape index (κ2) is 6.16. The summed E-state index contributed by atoms with van der Waals surface area (Å²) in [5.74, 6) is 1.85. The number of nitrogen functional groups attached to an aromatic ring is 1. The van der Waals surface area contributed by atoms with Gasteiger partial charge in [0.05, 0.1) is 11.7 Å². The van der Waals surface area contributed by atoms with Gasteiger partial charge in [0.15, 0.2) is 0 Å². The van der Waals surface area contributed by atoms with E-state index in [1.165, 1.54) is 6.42 Å². The molecular weight excluding hydrogens is 252 g/mol. The molecule has 3 unspecified atom stereocenters. The van der Waals surface area contributed by atoms with E-state index < -0.39 is 0 Å². The number of carbonyl (C=O) groups excluding carboxylic acids is 1. The Kier molecular flexibility index (Phi) is 4.53. The van der Waals surface area contributed by atoms with Crippen molar-refractivity contribution >= 4 is 11.6 Å². The molecule has 1 aliphatic rings. The van der Waals surface area contributed by atoms with Crippen LogP contribution in [0.25, 0.3) is 0 Å². The summed E-state index contributed by atoms with van der Waals surface area (Å²) in [5, 5.41) is 2.63. The maximum Gasteiger partial charge on any atom is 0.254 e. The molecule has 3 atom stereocenters. The molecule has 0 bridgehead atoms. The second-order valence-corrected chi connectivity index (χ2v) is 5.84. The predicted octanol–water partition coefficient (Wildman–Crippen LogP) is 2.83.